The molecule has 1 aromatic carbocycles. The summed E-state index contributed by atoms with van der Waals surface area (Å²) < 4.78 is 10.8. The molecule has 1 saturated heterocycles. The van der Waals surface area contributed by atoms with Crippen molar-refractivity contribution in [2.24, 2.45) is 4.99 Å². The van der Waals surface area contributed by atoms with Gasteiger partial charge in [-0.1, -0.05) is 13.8 Å². The van der Waals surface area contributed by atoms with Gasteiger partial charge in [-0.25, -0.2) is 0 Å². The first kappa shape index (κ1) is 26.6. The van der Waals surface area contributed by atoms with Gasteiger partial charge in [0.15, 0.2) is 5.96 Å². The summed E-state index contributed by atoms with van der Waals surface area (Å²) in [6.07, 6.45) is 2.15. The van der Waals surface area contributed by atoms with Gasteiger partial charge < -0.3 is 29.9 Å². The molecule has 0 bridgehead atoms. The second-order valence-electron chi connectivity index (χ2n) is 7.29. The molecule has 1 heterocycles. The third-order valence-corrected chi connectivity index (χ3v) is 5.37. The zero-order valence-electron chi connectivity index (χ0n) is 19.2. The molecule has 8 heteroatoms. The highest BCUT2D eigenvalue weighted by atomic mass is 127. The smallest absolute Gasteiger partial charge is 0.191 e. The molecular weight excluding hydrogens is 493 g/mol. The lowest BCUT2D eigenvalue weighted by Crippen LogP contribution is -2.44. The molecule has 1 aliphatic heterocycles. The number of halogens is 1. The van der Waals surface area contributed by atoms with Crippen LogP contribution in [0.25, 0.3) is 0 Å². The minimum atomic E-state index is 0. The summed E-state index contributed by atoms with van der Waals surface area (Å²) in [5, 5.41) is 6.99. The Kier molecular flexibility index (Phi) is 12.9. The first-order valence-corrected chi connectivity index (χ1v) is 10.9. The van der Waals surface area contributed by atoms with Crippen molar-refractivity contribution >= 4 is 35.6 Å². The maximum absolute atomic E-state index is 5.41. The number of ether oxygens (including phenoxy) is 2. The summed E-state index contributed by atoms with van der Waals surface area (Å²) in [7, 11) is 3.37. The van der Waals surface area contributed by atoms with E-state index in [1.54, 1.807) is 14.2 Å². The summed E-state index contributed by atoms with van der Waals surface area (Å²) in [6, 6.07) is 6.41. The number of rotatable bonds is 11. The number of hydrogen-bond donors (Lipinski definition) is 2. The molecule has 0 spiro atoms. The number of guanidine groups is 1. The average Bonchev–Trinajstić information content (AvgIpc) is 3.22. The van der Waals surface area contributed by atoms with Crippen LogP contribution in [0.4, 0.5) is 5.69 Å². The normalized spacial score (nSPS) is 16.4. The van der Waals surface area contributed by atoms with Gasteiger partial charge >= 0.3 is 0 Å². The van der Waals surface area contributed by atoms with Crippen LogP contribution in [0.1, 0.15) is 33.6 Å². The molecule has 0 aromatic heterocycles. The lowest BCUT2D eigenvalue weighted by molar-refractivity contribution is 0.302. The number of anilines is 1. The van der Waals surface area contributed by atoms with E-state index in [1.165, 1.54) is 0 Å². The van der Waals surface area contributed by atoms with Gasteiger partial charge in [0.25, 0.3) is 0 Å². The molecule has 1 atom stereocenters. The van der Waals surface area contributed by atoms with Crippen molar-refractivity contribution < 1.29 is 9.47 Å². The lowest BCUT2D eigenvalue weighted by Gasteiger charge is -2.21. The Morgan fingerprint density at radius 2 is 1.80 bits per heavy atom. The highest BCUT2D eigenvalue weighted by Gasteiger charge is 2.24. The fourth-order valence-corrected chi connectivity index (χ4v) is 3.63. The van der Waals surface area contributed by atoms with Crippen LogP contribution >= 0.6 is 24.0 Å². The van der Waals surface area contributed by atoms with Crippen LogP contribution in [0.2, 0.25) is 0 Å². The molecule has 0 saturated carbocycles. The minimum absolute atomic E-state index is 0. The van der Waals surface area contributed by atoms with Gasteiger partial charge in [0.2, 0.25) is 0 Å². The molecule has 172 valence electrons. The summed E-state index contributed by atoms with van der Waals surface area (Å²) in [5.41, 5.74) is 1.13. The number of nitrogens with one attached hydrogen (secondary N) is 2. The van der Waals surface area contributed by atoms with Crippen LogP contribution in [0.3, 0.4) is 0 Å². The summed E-state index contributed by atoms with van der Waals surface area (Å²) in [4.78, 5) is 9.58. The largest absolute Gasteiger partial charge is 0.497 e. The molecule has 1 aliphatic rings. The predicted molar refractivity (Wildman–Crippen MR) is 137 cm³/mol. The molecule has 2 rings (SSSR count). The van der Waals surface area contributed by atoms with Gasteiger partial charge in [0.05, 0.1) is 14.2 Å². The van der Waals surface area contributed by atoms with Gasteiger partial charge in [0, 0.05) is 56.1 Å². The number of nitrogens with zero attached hydrogens (tertiary/aromatic N) is 3. The summed E-state index contributed by atoms with van der Waals surface area (Å²) in [6.45, 7) is 13.5. The Bertz CT molecular complexity index is 618. The van der Waals surface area contributed by atoms with Crippen molar-refractivity contribution in [1.29, 1.82) is 0 Å². The van der Waals surface area contributed by atoms with Crippen molar-refractivity contribution in [3.05, 3.63) is 18.2 Å². The van der Waals surface area contributed by atoms with Crippen LogP contribution < -0.4 is 25.0 Å². The van der Waals surface area contributed by atoms with E-state index in [2.05, 4.69) is 53.3 Å². The van der Waals surface area contributed by atoms with Gasteiger partial charge in [-0.05, 0) is 39.4 Å². The fraction of sp³-hybridized carbons (Fsp3) is 0.682. The number of benzene rings is 1. The van der Waals surface area contributed by atoms with Crippen molar-refractivity contribution in [3.63, 3.8) is 0 Å². The van der Waals surface area contributed by atoms with Gasteiger partial charge in [-0.3, -0.25) is 4.99 Å². The van der Waals surface area contributed by atoms with Crippen LogP contribution in [0.15, 0.2) is 23.2 Å². The number of methoxy groups -OCH3 is 2. The van der Waals surface area contributed by atoms with E-state index < -0.39 is 0 Å². The first-order chi connectivity index (χ1) is 14.1. The van der Waals surface area contributed by atoms with Crippen molar-refractivity contribution in [1.82, 2.24) is 15.5 Å². The Morgan fingerprint density at radius 3 is 2.37 bits per heavy atom. The molecule has 1 fully saturated rings. The molecule has 7 nitrogen and oxygen atoms in total. The van der Waals surface area contributed by atoms with Gasteiger partial charge in [-0.2, -0.15) is 0 Å². The third-order valence-electron chi connectivity index (χ3n) is 5.37. The van der Waals surface area contributed by atoms with E-state index in [4.69, 9.17) is 14.5 Å². The molecule has 2 N–H and O–H groups in total. The lowest BCUT2D eigenvalue weighted by atomic mass is 10.2. The highest BCUT2D eigenvalue weighted by Crippen LogP contribution is 2.30. The minimum Gasteiger partial charge on any atom is -0.497 e. The molecular formula is C22H40IN5O2. The molecule has 30 heavy (non-hydrogen) atoms. The molecule has 0 aliphatic carbocycles. The van der Waals surface area contributed by atoms with Gasteiger partial charge in [0.1, 0.15) is 11.5 Å². The standard InChI is InChI=1S/C22H39N5O2.HI/c1-6-23-22(24-11-9-12-26(7-2)8-3)25-18-10-13-27(17-18)19-14-20(28-4)16-21(15-19)29-5;/h14-16,18H,6-13,17H2,1-5H3,(H2,23,24,25);1H. The predicted octanol–water partition coefficient (Wildman–Crippen LogP) is 3.19. The van der Waals surface area contributed by atoms with Crippen LogP contribution in [0, 0.1) is 0 Å². The quantitative estimate of drug-likeness (QED) is 0.197. The van der Waals surface area contributed by atoms with Crippen molar-refractivity contribution in [3.8, 4) is 11.5 Å². The van der Waals surface area contributed by atoms with Crippen LogP contribution in [-0.2, 0) is 0 Å². The molecule has 1 unspecified atom stereocenters. The van der Waals surface area contributed by atoms with Crippen LogP contribution in [-0.4, -0.2) is 76.9 Å². The fourth-order valence-electron chi connectivity index (χ4n) is 3.63. The third kappa shape index (κ3) is 8.37. The van der Waals surface area contributed by atoms with Crippen molar-refractivity contribution in [2.75, 3.05) is 64.9 Å². The SMILES string of the molecule is CCNC(=NCCCN(CC)CC)NC1CCN(c2cc(OC)cc(OC)c2)C1.I. The first-order valence-electron chi connectivity index (χ1n) is 10.9. The second-order valence-corrected chi connectivity index (χ2v) is 7.29. The van der Waals surface area contributed by atoms with Crippen molar-refractivity contribution in [2.45, 2.75) is 39.7 Å². The van der Waals surface area contributed by atoms with E-state index in [0.29, 0.717) is 6.04 Å². The number of aliphatic imine (C=N–C) groups is 1. The van der Waals surface area contributed by atoms with E-state index in [9.17, 15) is 0 Å². The average molecular weight is 533 g/mol. The zero-order valence-corrected chi connectivity index (χ0v) is 21.6. The molecule has 1 aromatic rings. The van der Waals surface area contributed by atoms with E-state index >= 15 is 0 Å². The second kappa shape index (κ2) is 14.6. The van der Waals surface area contributed by atoms with E-state index in [1.807, 2.05) is 6.07 Å². The highest BCUT2D eigenvalue weighted by molar-refractivity contribution is 14.0. The van der Waals surface area contributed by atoms with Crippen LogP contribution in [0.5, 0.6) is 11.5 Å². The number of hydrogen-bond acceptors (Lipinski definition) is 5. The maximum Gasteiger partial charge on any atom is 0.191 e. The Hall–Kier alpha value is -1.42. The monoisotopic (exact) mass is 533 g/mol. The Morgan fingerprint density at radius 1 is 1.13 bits per heavy atom. The molecule has 0 radical (unpaired) electrons. The molecule has 0 amide bonds. The topological polar surface area (TPSA) is 61.4 Å². The zero-order chi connectivity index (χ0) is 21.1. The van der Waals surface area contributed by atoms with E-state index in [0.717, 1.165) is 81.8 Å². The summed E-state index contributed by atoms with van der Waals surface area (Å²) >= 11 is 0. The maximum atomic E-state index is 5.41. The summed E-state index contributed by atoms with van der Waals surface area (Å²) in [5.74, 6) is 2.56. The Balaban J connectivity index is 0.00000450. The van der Waals surface area contributed by atoms with E-state index in [-0.39, 0.29) is 24.0 Å². The Labute approximate surface area is 199 Å². The van der Waals surface area contributed by atoms with Gasteiger partial charge in [-0.15, -0.1) is 24.0 Å².